The van der Waals surface area contributed by atoms with Gasteiger partial charge in [-0.25, -0.2) is 14.4 Å². The van der Waals surface area contributed by atoms with E-state index in [2.05, 4.69) is 31.1 Å². The number of likely N-dealkylation sites (tertiary alicyclic amines) is 1. The van der Waals surface area contributed by atoms with Crippen molar-refractivity contribution in [1.29, 1.82) is 0 Å². The van der Waals surface area contributed by atoms with E-state index in [-0.39, 0.29) is 19.2 Å². The summed E-state index contributed by atoms with van der Waals surface area (Å²) in [6.07, 6.45) is 1.26. The van der Waals surface area contributed by atoms with Gasteiger partial charge in [0.1, 0.15) is 17.1 Å². The number of nitrogens with zero attached hydrogens (tertiary/aromatic N) is 2. The maximum absolute atomic E-state index is 12.5. The second-order valence-electron chi connectivity index (χ2n) is 9.50. The maximum atomic E-state index is 12.5. The van der Waals surface area contributed by atoms with Gasteiger partial charge < -0.3 is 24.2 Å². The highest BCUT2D eigenvalue weighted by molar-refractivity contribution is 9.10. The zero-order valence-corrected chi connectivity index (χ0v) is 21.7. The zero-order chi connectivity index (χ0) is 25.3. The van der Waals surface area contributed by atoms with Crippen LogP contribution in [0.4, 0.5) is 4.79 Å². The number of ether oxygens (including phenoxy) is 2. The maximum Gasteiger partial charge on any atom is 0.419 e. The van der Waals surface area contributed by atoms with Crippen LogP contribution in [0.25, 0.3) is 10.9 Å². The summed E-state index contributed by atoms with van der Waals surface area (Å²) in [4.78, 5) is 41.8. The average molecular weight is 549 g/mol. The molecule has 3 aromatic rings. The molecule has 1 aliphatic heterocycles. The first-order valence-electron chi connectivity index (χ1n) is 11.4. The highest BCUT2D eigenvalue weighted by Gasteiger charge is 2.30. The van der Waals surface area contributed by atoms with Gasteiger partial charge in [-0.1, -0.05) is 18.2 Å². The predicted molar refractivity (Wildman–Crippen MR) is 132 cm³/mol. The highest BCUT2D eigenvalue weighted by atomic mass is 79.9. The molecule has 1 saturated heterocycles. The lowest BCUT2D eigenvalue weighted by Gasteiger charge is -2.39. The number of esters is 1. The quantitative estimate of drug-likeness (QED) is 0.432. The Bertz CT molecular complexity index is 1300. The van der Waals surface area contributed by atoms with E-state index in [0.717, 1.165) is 16.5 Å². The van der Waals surface area contributed by atoms with E-state index in [9.17, 15) is 14.4 Å². The fourth-order valence-electron chi connectivity index (χ4n) is 4.00. The Kier molecular flexibility index (Phi) is 7.09. The van der Waals surface area contributed by atoms with Crippen molar-refractivity contribution in [1.82, 2.24) is 19.8 Å². The van der Waals surface area contributed by atoms with Crippen molar-refractivity contribution in [3.63, 3.8) is 0 Å². The molecule has 1 amide bonds. The SMILES string of the molecule is CCOC(=O)c1[nH]c2c(Cn3cc(CN4CC(NC(=O)OC(C)(C)C)C4)oc3=O)cccc2c1Br. The summed E-state index contributed by atoms with van der Waals surface area (Å²) in [5.74, 6) is -0.367. The Morgan fingerprint density at radius 3 is 2.69 bits per heavy atom. The minimum atomic E-state index is -0.541. The van der Waals surface area contributed by atoms with E-state index < -0.39 is 23.4 Å². The summed E-state index contributed by atoms with van der Waals surface area (Å²) in [5, 5.41) is 3.66. The van der Waals surface area contributed by atoms with Gasteiger partial charge in [-0.05, 0) is 49.2 Å². The number of aromatic nitrogens is 2. The smallest absolute Gasteiger partial charge is 0.419 e. The molecule has 0 atom stereocenters. The first kappa shape index (κ1) is 25.1. The van der Waals surface area contributed by atoms with Crippen LogP contribution in [0.15, 0.2) is 38.1 Å². The second-order valence-corrected chi connectivity index (χ2v) is 10.3. The number of halogens is 1. The van der Waals surface area contributed by atoms with Crippen LogP contribution in [0.1, 0.15) is 49.5 Å². The molecular formula is C24H29BrN4O6. The first-order chi connectivity index (χ1) is 16.5. The molecule has 1 fully saturated rings. The molecule has 2 aromatic heterocycles. The largest absolute Gasteiger partial charge is 0.461 e. The molecule has 4 rings (SSSR count). The summed E-state index contributed by atoms with van der Waals surface area (Å²) >= 11 is 3.48. The number of oxazole rings is 1. The van der Waals surface area contributed by atoms with Crippen molar-refractivity contribution in [2.45, 2.75) is 52.4 Å². The number of hydrogen-bond donors (Lipinski definition) is 2. The number of carbonyl (C=O) groups excluding carboxylic acids is 2. The number of para-hydroxylation sites is 1. The van der Waals surface area contributed by atoms with E-state index in [0.29, 0.717) is 35.6 Å². The summed E-state index contributed by atoms with van der Waals surface area (Å²) in [5.41, 5.74) is 1.37. The lowest BCUT2D eigenvalue weighted by atomic mass is 10.1. The Morgan fingerprint density at radius 2 is 2.00 bits per heavy atom. The third-order valence-electron chi connectivity index (χ3n) is 5.49. The molecule has 3 heterocycles. The summed E-state index contributed by atoms with van der Waals surface area (Å²) in [7, 11) is 0. The van der Waals surface area contributed by atoms with Crippen LogP contribution in [0.3, 0.4) is 0 Å². The van der Waals surface area contributed by atoms with Crippen molar-refractivity contribution in [2.24, 2.45) is 0 Å². The Morgan fingerprint density at radius 1 is 1.26 bits per heavy atom. The second kappa shape index (κ2) is 9.90. The van der Waals surface area contributed by atoms with Gasteiger partial charge in [0.05, 0.1) is 41.9 Å². The van der Waals surface area contributed by atoms with E-state index in [1.807, 2.05) is 39.0 Å². The fourth-order valence-corrected chi connectivity index (χ4v) is 4.59. The lowest BCUT2D eigenvalue weighted by Crippen LogP contribution is -2.59. The molecular weight excluding hydrogens is 520 g/mol. The molecule has 1 aliphatic rings. The number of aromatic amines is 1. The van der Waals surface area contributed by atoms with Gasteiger partial charge in [0, 0.05) is 18.5 Å². The molecule has 11 heteroatoms. The van der Waals surface area contributed by atoms with Crippen molar-refractivity contribution < 1.29 is 23.5 Å². The minimum absolute atomic E-state index is 0.00354. The van der Waals surface area contributed by atoms with Crippen molar-refractivity contribution in [3.8, 4) is 0 Å². The number of hydrogen-bond acceptors (Lipinski definition) is 7. The van der Waals surface area contributed by atoms with Gasteiger partial charge in [-0.3, -0.25) is 9.47 Å². The van der Waals surface area contributed by atoms with Crippen LogP contribution in [0.2, 0.25) is 0 Å². The van der Waals surface area contributed by atoms with E-state index in [1.165, 1.54) is 4.57 Å². The Balaban J connectivity index is 1.40. The van der Waals surface area contributed by atoms with Crippen LogP contribution in [0, 0.1) is 0 Å². The number of nitrogens with one attached hydrogen (secondary N) is 2. The third kappa shape index (κ3) is 5.79. The number of rotatable bonds is 7. The van der Waals surface area contributed by atoms with E-state index in [4.69, 9.17) is 13.9 Å². The van der Waals surface area contributed by atoms with Gasteiger partial charge in [0.2, 0.25) is 0 Å². The van der Waals surface area contributed by atoms with Gasteiger partial charge >= 0.3 is 17.8 Å². The van der Waals surface area contributed by atoms with Gasteiger partial charge in [-0.2, -0.15) is 0 Å². The summed E-state index contributed by atoms with van der Waals surface area (Å²) in [6.45, 7) is 9.50. The highest BCUT2D eigenvalue weighted by Crippen LogP contribution is 2.31. The number of amides is 1. The molecule has 2 N–H and O–H groups in total. The number of H-pyrrole nitrogens is 1. The summed E-state index contributed by atoms with van der Waals surface area (Å²) < 4.78 is 18.0. The van der Waals surface area contributed by atoms with Crippen molar-refractivity contribution in [3.05, 3.63) is 56.4 Å². The lowest BCUT2D eigenvalue weighted by molar-refractivity contribution is 0.0383. The van der Waals surface area contributed by atoms with Crippen LogP contribution >= 0.6 is 15.9 Å². The number of benzene rings is 1. The first-order valence-corrected chi connectivity index (χ1v) is 12.2. The fraction of sp³-hybridized carbons (Fsp3) is 0.458. The zero-order valence-electron chi connectivity index (χ0n) is 20.1. The molecule has 188 valence electrons. The van der Waals surface area contributed by atoms with Crippen LogP contribution in [-0.4, -0.2) is 57.9 Å². The van der Waals surface area contributed by atoms with Crippen LogP contribution in [-0.2, 0) is 22.6 Å². The van der Waals surface area contributed by atoms with Crippen molar-refractivity contribution in [2.75, 3.05) is 19.7 Å². The van der Waals surface area contributed by atoms with Crippen LogP contribution in [0.5, 0.6) is 0 Å². The molecule has 1 aromatic carbocycles. The Labute approximate surface area is 210 Å². The molecule has 0 radical (unpaired) electrons. The third-order valence-corrected chi connectivity index (χ3v) is 6.31. The van der Waals surface area contributed by atoms with Crippen molar-refractivity contribution >= 4 is 38.9 Å². The standard InChI is InChI=1S/C24H29BrN4O6/c1-5-33-21(30)20-18(25)17-8-6-7-14(19(17)27-20)9-29-13-16(34-23(29)32)12-28-10-15(11-28)26-22(31)35-24(2,3)4/h6-8,13,15,27H,5,9-12H2,1-4H3,(H,26,31). The normalized spacial score (nSPS) is 14.7. The molecule has 10 nitrogen and oxygen atoms in total. The molecule has 0 saturated carbocycles. The summed E-state index contributed by atoms with van der Waals surface area (Å²) in [6, 6.07) is 5.64. The van der Waals surface area contributed by atoms with Gasteiger partial charge in [0.15, 0.2) is 0 Å². The number of alkyl carbamates (subject to hydrolysis) is 1. The molecule has 0 bridgehead atoms. The molecule has 0 aliphatic carbocycles. The van der Waals surface area contributed by atoms with Gasteiger partial charge in [-0.15, -0.1) is 0 Å². The van der Waals surface area contributed by atoms with Crippen LogP contribution < -0.4 is 11.1 Å². The topological polar surface area (TPSA) is 119 Å². The molecule has 0 unspecified atom stereocenters. The molecule has 0 spiro atoms. The van der Waals surface area contributed by atoms with Gasteiger partial charge in [0.25, 0.3) is 0 Å². The minimum Gasteiger partial charge on any atom is -0.461 e. The average Bonchev–Trinajstić information content (AvgIpc) is 3.25. The molecule has 35 heavy (non-hydrogen) atoms. The van der Waals surface area contributed by atoms with E-state index in [1.54, 1.807) is 13.1 Å². The van der Waals surface area contributed by atoms with E-state index >= 15 is 0 Å². The number of carbonyl (C=O) groups is 2. The predicted octanol–water partition coefficient (Wildman–Crippen LogP) is 3.62. The Hall–Kier alpha value is -3.05. The number of fused-ring (bicyclic) bond motifs is 1. The monoisotopic (exact) mass is 548 g/mol.